The Kier molecular flexibility index (Phi) is 5.69. The Labute approximate surface area is 162 Å². The highest BCUT2D eigenvalue weighted by Gasteiger charge is 2.11. The maximum absolute atomic E-state index is 12.5. The minimum Gasteiger partial charge on any atom is -0.352 e. The molecule has 0 unspecified atom stereocenters. The Bertz CT molecular complexity index is 974. The molecule has 3 aromatic rings. The number of nitrogens with one attached hydrogen (secondary N) is 3. The number of imidazole rings is 1. The number of carbonyl (C=O) groups excluding carboxylic acids is 3. The summed E-state index contributed by atoms with van der Waals surface area (Å²) in [6, 6.07) is 10.5. The zero-order valence-corrected chi connectivity index (χ0v) is 15.7. The molecule has 0 aliphatic rings. The first-order valence-electron chi connectivity index (χ1n) is 8.82. The van der Waals surface area contributed by atoms with Crippen LogP contribution < -0.4 is 16.0 Å². The Balaban J connectivity index is 1.68. The van der Waals surface area contributed by atoms with Crippen LogP contribution in [-0.4, -0.2) is 33.7 Å². The Morgan fingerprint density at radius 1 is 1.00 bits per heavy atom. The van der Waals surface area contributed by atoms with Gasteiger partial charge < -0.3 is 20.4 Å². The summed E-state index contributed by atoms with van der Waals surface area (Å²) in [7, 11) is 0. The molecule has 3 N–H and O–H groups in total. The third-order valence-corrected chi connectivity index (χ3v) is 3.92. The summed E-state index contributed by atoms with van der Waals surface area (Å²) in [5.74, 6) is -0.834. The third kappa shape index (κ3) is 4.94. The Morgan fingerprint density at radius 3 is 2.29 bits per heavy atom. The molecule has 1 aromatic carbocycles. The van der Waals surface area contributed by atoms with E-state index < -0.39 is 0 Å². The number of amides is 3. The fraction of sp³-hybridized carbons (Fsp3) is 0.200. The molecule has 2 aromatic heterocycles. The topological polar surface area (TPSA) is 105 Å². The van der Waals surface area contributed by atoms with Crippen molar-refractivity contribution in [3.05, 3.63) is 60.0 Å². The van der Waals surface area contributed by atoms with Gasteiger partial charge in [0.15, 0.2) is 0 Å². The van der Waals surface area contributed by atoms with Gasteiger partial charge in [-0.15, -0.1) is 0 Å². The summed E-state index contributed by atoms with van der Waals surface area (Å²) in [6.07, 6.45) is 4.42. The second kappa shape index (κ2) is 8.34. The second-order valence-corrected chi connectivity index (χ2v) is 6.37. The van der Waals surface area contributed by atoms with Crippen molar-refractivity contribution < 1.29 is 14.4 Å². The van der Waals surface area contributed by atoms with Crippen LogP contribution in [-0.2, 0) is 16.0 Å². The van der Waals surface area contributed by atoms with Gasteiger partial charge in [-0.1, -0.05) is 6.07 Å². The maximum atomic E-state index is 12.5. The number of fused-ring (bicyclic) bond motifs is 1. The van der Waals surface area contributed by atoms with Gasteiger partial charge in [0.25, 0.3) is 5.91 Å². The smallest absolute Gasteiger partial charge is 0.251 e. The van der Waals surface area contributed by atoms with Crippen molar-refractivity contribution in [2.45, 2.75) is 20.3 Å². The van der Waals surface area contributed by atoms with E-state index in [2.05, 4.69) is 20.9 Å². The molecule has 28 heavy (non-hydrogen) atoms. The van der Waals surface area contributed by atoms with Crippen LogP contribution in [0, 0.1) is 0 Å². The van der Waals surface area contributed by atoms with Crippen molar-refractivity contribution >= 4 is 34.7 Å². The first kappa shape index (κ1) is 19.1. The van der Waals surface area contributed by atoms with Gasteiger partial charge in [-0.3, -0.25) is 14.4 Å². The fourth-order valence-corrected chi connectivity index (χ4v) is 2.82. The molecule has 0 radical (unpaired) electrons. The van der Waals surface area contributed by atoms with Gasteiger partial charge in [-0.2, -0.15) is 0 Å². The lowest BCUT2D eigenvalue weighted by atomic mass is 10.1. The molecule has 3 rings (SSSR count). The van der Waals surface area contributed by atoms with Crippen LogP contribution in [0.2, 0.25) is 0 Å². The number of benzene rings is 1. The molecule has 144 valence electrons. The van der Waals surface area contributed by atoms with Gasteiger partial charge in [-0.25, -0.2) is 4.98 Å². The molecule has 0 bridgehead atoms. The number of pyridine rings is 1. The number of hydrogen-bond donors (Lipinski definition) is 3. The van der Waals surface area contributed by atoms with Crippen LogP contribution in [0.15, 0.2) is 48.8 Å². The monoisotopic (exact) mass is 379 g/mol. The van der Waals surface area contributed by atoms with Crippen molar-refractivity contribution in [2.24, 2.45) is 0 Å². The number of rotatable bonds is 6. The predicted octanol–water partition coefficient (Wildman–Crippen LogP) is 2.22. The summed E-state index contributed by atoms with van der Waals surface area (Å²) in [5, 5.41) is 8.09. The van der Waals surface area contributed by atoms with Gasteiger partial charge in [-0.05, 0) is 30.3 Å². The van der Waals surface area contributed by atoms with Crippen molar-refractivity contribution in [1.29, 1.82) is 0 Å². The third-order valence-electron chi connectivity index (χ3n) is 3.92. The van der Waals surface area contributed by atoms with Gasteiger partial charge in [0.1, 0.15) is 5.65 Å². The predicted molar refractivity (Wildman–Crippen MR) is 106 cm³/mol. The number of aromatic nitrogens is 2. The molecule has 0 aliphatic carbocycles. The summed E-state index contributed by atoms with van der Waals surface area (Å²) in [4.78, 5) is 39.7. The minimum atomic E-state index is -0.303. The SMILES string of the molecule is CC(=O)Nc1cc(NC(C)=O)cc(C(=O)NCCc2cn3ccccc3n2)c1. The van der Waals surface area contributed by atoms with Crippen LogP contribution in [0.4, 0.5) is 11.4 Å². The van der Waals surface area contributed by atoms with Crippen molar-refractivity contribution in [3.63, 3.8) is 0 Å². The van der Waals surface area contributed by atoms with Gasteiger partial charge in [0.05, 0.1) is 5.69 Å². The molecule has 3 amide bonds. The minimum absolute atomic E-state index is 0.266. The molecule has 2 heterocycles. The van der Waals surface area contributed by atoms with Gasteiger partial charge in [0.2, 0.25) is 11.8 Å². The lowest BCUT2D eigenvalue weighted by Gasteiger charge is -2.11. The molecule has 0 atom stereocenters. The van der Waals surface area contributed by atoms with E-state index in [-0.39, 0.29) is 17.7 Å². The summed E-state index contributed by atoms with van der Waals surface area (Å²) in [6.45, 7) is 3.15. The fourth-order valence-electron chi connectivity index (χ4n) is 2.82. The second-order valence-electron chi connectivity index (χ2n) is 6.37. The number of carbonyl (C=O) groups is 3. The van der Waals surface area contributed by atoms with E-state index in [1.54, 1.807) is 18.2 Å². The summed E-state index contributed by atoms with van der Waals surface area (Å²) in [5.41, 5.74) is 2.93. The van der Waals surface area contributed by atoms with Crippen LogP contribution >= 0.6 is 0 Å². The van der Waals surface area contributed by atoms with E-state index in [0.29, 0.717) is 29.9 Å². The van der Waals surface area contributed by atoms with Crippen molar-refractivity contribution in [2.75, 3.05) is 17.2 Å². The molecular formula is C20H21N5O3. The lowest BCUT2D eigenvalue weighted by Crippen LogP contribution is -2.26. The highest BCUT2D eigenvalue weighted by Crippen LogP contribution is 2.19. The average Bonchev–Trinajstić information content (AvgIpc) is 3.03. The van der Waals surface area contributed by atoms with Crippen LogP contribution in [0.25, 0.3) is 5.65 Å². The molecule has 0 saturated heterocycles. The normalized spacial score (nSPS) is 10.5. The Hall–Kier alpha value is -3.68. The number of nitrogens with zero attached hydrogens (tertiary/aromatic N) is 2. The van der Waals surface area contributed by atoms with E-state index in [0.717, 1.165) is 11.3 Å². The molecular weight excluding hydrogens is 358 g/mol. The molecule has 8 nitrogen and oxygen atoms in total. The summed E-state index contributed by atoms with van der Waals surface area (Å²) < 4.78 is 1.92. The molecule has 0 fully saturated rings. The van der Waals surface area contributed by atoms with E-state index in [9.17, 15) is 14.4 Å². The standard InChI is InChI=1S/C20H21N5O3/c1-13(26)22-17-9-15(10-18(11-17)23-14(2)27)20(28)21-7-6-16-12-25-8-4-3-5-19(25)24-16/h3-5,8-12H,6-7H2,1-2H3,(H,21,28)(H,22,26)(H,23,27). The van der Waals surface area contributed by atoms with E-state index in [4.69, 9.17) is 0 Å². The van der Waals surface area contributed by atoms with Gasteiger partial charge >= 0.3 is 0 Å². The average molecular weight is 379 g/mol. The quantitative estimate of drug-likeness (QED) is 0.611. The zero-order chi connectivity index (χ0) is 20.1. The first-order chi connectivity index (χ1) is 13.4. The van der Waals surface area contributed by atoms with Crippen LogP contribution in [0.3, 0.4) is 0 Å². The summed E-state index contributed by atoms with van der Waals surface area (Å²) >= 11 is 0. The van der Waals surface area contributed by atoms with E-state index in [1.807, 2.05) is 35.0 Å². The van der Waals surface area contributed by atoms with Crippen LogP contribution in [0.1, 0.15) is 29.9 Å². The Morgan fingerprint density at radius 2 is 1.68 bits per heavy atom. The first-order valence-corrected chi connectivity index (χ1v) is 8.82. The van der Waals surface area contributed by atoms with Crippen LogP contribution in [0.5, 0.6) is 0 Å². The van der Waals surface area contributed by atoms with Crippen molar-refractivity contribution in [1.82, 2.24) is 14.7 Å². The lowest BCUT2D eigenvalue weighted by molar-refractivity contribution is -0.115. The van der Waals surface area contributed by atoms with E-state index >= 15 is 0 Å². The highest BCUT2D eigenvalue weighted by atomic mass is 16.2. The maximum Gasteiger partial charge on any atom is 0.251 e. The number of hydrogen-bond acceptors (Lipinski definition) is 4. The highest BCUT2D eigenvalue weighted by molar-refractivity contribution is 5.99. The molecule has 0 spiro atoms. The molecule has 8 heteroatoms. The zero-order valence-electron chi connectivity index (χ0n) is 15.7. The molecule has 0 saturated carbocycles. The number of anilines is 2. The largest absolute Gasteiger partial charge is 0.352 e. The van der Waals surface area contributed by atoms with Crippen molar-refractivity contribution in [3.8, 4) is 0 Å². The molecule has 0 aliphatic heterocycles. The van der Waals surface area contributed by atoms with E-state index in [1.165, 1.54) is 13.8 Å². The van der Waals surface area contributed by atoms with Gasteiger partial charge in [0, 0.05) is 56.1 Å².